The highest BCUT2D eigenvalue weighted by atomic mass is 16.6. The van der Waals surface area contributed by atoms with Crippen molar-refractivity contribution in [2.24, 2.45) is 0 Å². The van der Waals surface area contributed by atoms with Crippen molar-refractivity contribution in [1.29, 1.82) is 0 Å². The van der Waals surface area contributed by atoms with E-state index in [4.69, 9.17) is 4.74 Å². The fourth-order valence-electron chi connectivity index (χ4n) is 1.44. The minimum Gasteiger partial charge on any atom is -0.458 e. The van der Waals surface area contributed by atoms with E-state index in [1.54, 1.807) is 20.8 Å². The van der Waals surface area contributed by atoms with Crippen LogP contribution in [0.1, 0.15) is 33.7 Å². The van der Waals surface area contributed by atoms with Crippen molar-refractivity contribution >= 4 is 11.7 Å². The second-order valence-electron chi connectivity index (χ2n) is 5.07. The number of hydrogen-bond acceptors (Lipinski definition) is 5. The third-order valence-electron chi connectivity index (χ3n) is 2.32. The van der Waals surface area contributed by atoms with Gasteiger partial charge in [0.2, 0.25) is 0 Å². The van der Waals surface area contributed by atoms with Gasteiger partial charge in [-0.2, -0.15) is 0 Å². The number of nitrogens with zero attached hydrogens (tertiary/aromatic N) is 2. The summed E-state index contributed by atoms with van der Waals surface area (Å²) in [6.45, 7) is 6.56. The largest absolute Gasteiger partial charge is 0.458 e. The highest BCUT2D eigenvalue weighted by Gasteiger charge is 2.25. The van der Waals surface area contributed by atoms with Gasteiger partial charge in [0.1, 0.15) is 11.6 Å². The molecule has 0 bridgehead atoms. The topological polar surface area (TPSA) is 91.4 Å². The molecule has 0 radical (unpaired) electrons. The highest BCUT2D eigenvalue weighted by molar-refractivity contribution is 5.74. The van der Waals surface area contributed by atoms with Crippen LogP contribution in [0.4, 0.5) is 5.69 Å². The van der Waals surface area contributed by atoms with Crippen molar-refractivity contribution in [3.8, 4) is 0 Å². The number of esters is 1. The molecule has 1 unspecified atom stereocenters. The molecule has 19 heavy (non-hydrogen) atoms. The van der Waals surface area contributed by atoms with E-state index in [-0.39, 0.29) is 0 Å². The molecule has 0 amide bonds. The van der Waals surface area contributed by atoms with Gasteiger partial charge in [0.15, 0.2) is 0 Å². The summed E-state index contributed by atoms with van der Waals surface area (Å²) in [5, 5.41) is 10.7. The molecule has 0 aromatic carbocycles. The molecular weight excluding hydrogens is 252 g/mol. The Bertz CT molecular complexity index is 556. The zero-order valence-electron chi connectivity index (χ0n) is 11.2. The maximum Gasteiger partial charge on any atom is 0.334 e. The zero-order valence-corrected chi connectivity index (χ0v) is 11.2. The number of rotatable bonds is 3. The van der Waals surface area contributed by atoms with Crippen LogP contribution in [-0.4, -0.2) is 21.1 Å². The van der Waals surface area contributed by atoms with Crippen LogP contribution in [0.3, 0.4) is 0 Å². The van der Waals surface area contributed by atoms with Crippen LogP contribution < -0.4 is 5.56 Å². The second kappa shape index (κ2) is 5.21. The Kier molecular flexibility index (Phi) is 4.08. The molecule has 0 aliphatic rings. The maximum absolute atomic E-state index is 11.8. The third-order valence-corrected chi connectivity index (χ3v) is 2.32. The highest BCUT2D eigenvalue weighted by Crippen LogP contribution is 2.14. The molecule has 0 aliphatic carbocycles. The minimum absolute atomic E-state index is 0.571. The molecule has 0 saturated heterocycles. The van der Waals surface area contributed by atoms with Crippen molar-refractivity contribution in [3.05, 3.63) is 38.8 Å². The first-order chi connectivity index (χ1) is 8.63. The summed E-state index contributed by atoms with van der Waals surface area (Å²) in [6.07, 6.45) is 1.32. The van der Waals surface area contributed by atoms with Crippen LogP contribution in [0.25, 0.3) is 0 Å². The van der Waals surface area contributed by atoms with Crippen molar-refractivity contribution < 1.29 is 14.5 Å². The number of hydrogen-bond donors (Lipinski definition) is 0. The molecule has 0 fully saturated rings. The first kappa shape index (κ1) is 14.9. The molecule has 1 aromatic rings. The first-order valence-corrected chi connectivity index (χ1v) is 5.72. The van der Waals surface area contributed by atoms with Crippen LogP contribution in [0.15, 0.2) is 23.1 Å². The molecule has 0 aliphatic heterocycles. The number of nitro groups is 1. The zero-order chi connectivity index (χ0) is 14.8. The van der Waals surface area contributed by atoms with Crippen LogP contribution in [-0.2, 0) is 9.53 Å². The Labute approximate surface area is 110 Å². The summed E-state index contributed by atoms with van der Waals surface area (Å²) in [6, 6.07) is 1.52. The van der Waals surface area contributed by atoms with E-state index in [0.717, 1.165) is 10.6 Å². The summed E-state index contributed by atoms with van der Waals surface area (Å²) in [5.74, 6) is -0.616. The number of carbonyl (C=O) groups excluding carboxylic acids is 1. The summed E-state index contributed by atoms with van der Waals surface area (Å²) in [5.41, 5.74) is -2.08. The van der Waals surface area contributed by atoms with Crippen molar-refractivity contribution in [2.75, 3.05) is 0 Å². The SMILES string of the molecule is CC(C(=O)OC(C)(C)C)n1cccc([N+](=O)[O-])c1=O. The number of ether oxygens (including phenoxy) is 1. The van der Waals surface area contributed by atoms with Crippen molar-refractivity contribution in [1.82, 2.24) is 4.57 Å². The number of pyridine rings is 1. The average Bonchev–Trinajstić information content (AvgIpc) is 2.25. The van der Waals surface area contributed by atoms with E-state index in [9.17, 15) is 19.7 Å². The fourth-order valence-corrected chi connectivity index (χ4v) is 1.44. The van der Waals surface area contributed by atoms with Crippen molar-refractivity contribution in [3.63, 3.8) is 0 Å². The van der Waals surface area contributed by atoms with Crippen LogP contribution in [0, 0.1) is 10.1 Å². The monoisotopic (exact) mass is 268 g/mol. The Morgan fingerprint density at radius 3 is 2.53 bits per heavy atom. The van der Waals surface area contributed by atoms with Gasteiger partial charge in [-0.3, -0.25) is 19.5 Å². The molecule has 7 nitrogen and oxygen atoms in total. The Hall–Kier alpha value is -2.18. The van der Waals surface area contributed by atoms with E-state index >= 15 is 0 Å². The summed E-state index contributed by atoms with van der Waals surface area (Å²) < 4.78 is 6.13. The number of aromatic nitrogens is 1. The smallest absolute Gasteiger partial charge is 0.334 e. The average molecular weight is 268 g/mol. The van der Waals surface area contributed by atoms with Gasteiger partial charge in [0, 0.05) is 12.3 Å². The maximum atomic E-state index is 11.8. The lowest BCUT2D eigenvalue weighted by atomic mass is 10.2. The normalized spacial score (nSPS) is 12.8. The Balaban J connectivity index is 3.11. The van der Waals surface area contributed by atoms with Crippen LogP contribution >= 0.6 is 0 Å². The quantitative estimate of drug-likeness (QED) is 0.472. The van der Waals surface area contributed by atoms with E-state index in [1.807, 2.05) is 0 Å². The van der Waals surface area contributed by atoms with E-state index in [0.29, 0.717) is 0 Å². The van der Waals surface area contributed by atoms with Crippen LogP contribution in [0.5, 0.6) is 0 Å². The molecule has 0 spiro atoms. The lowest BCUT2D eigenvalue weighted by molar-refractivity contribution is -0.386. The van der Waals surface area contributed by atoms with Gasteiger partial charge in [-0.15, -0.1) is 0 Å². The van der Waals surface area contributed by atoms with Gasteiger partial charge in [-0.05, 0) is 33.8 Å². The molecule has 7 heteroatoms. The summed E-state index contributed by atoms with van der Waals surface area (Å²) >= 11 is 0. The molecule has 0 N–H and O–H groups in total. The van der Waals surface area contributed by atoms with E-state index in [2.05, 4.69) is 0 Å². The predicted molar refractivity (Wildman–Crippen MR) is 67.9 cm³/mol. The van der Waals surface area contributed by atoms with Gasteiger partial charge in [0.05, 0.1) is 4.92 Å². The minimum atomic E-state index is -0.924. The van der Waals surface area contributed by atoms with E-state index < -0.39 is 33.8 Å². The van der Waals surface area contributed by atoms with E-state index in [1.165, 1.54) is 19.2 Å². The molecule has 1 heterocycles. The Morgan fingerprint density at radius 2 is 2.05 bits per heavy atom. The standard InChI is InChI=1S/C12H16N2O5/c1-8(11(16)19-12(2,3)4)13-7-5-6-9(10(13)15)14(17)18/h5-8H,1-4H3. The van der Waals surface area contributed by atoms with Gasteiger partial charge in [-0.1, -0.05) is 0 Å². The lowest BCUT2D eigenvalue weighted by Crippen LogP contribution is -2.33. The summed E-state index contributed by atoms with van der Waals surface area (Å²) in [4.78, 5) is 33.6. The number of carbonyl (C=O) groups is 1. The molecule has 1 aromatic heterocycles. The van der Waals surface area contributed by atoms with Crippen molar-refractivity contribution in [2.45, 2.75) is 39.3 Å². The van der Waals surface area contributed by atoms with Gasteiger partial charge < -0.3 is 4.74 Å². The molecule has 0 saturated carbocycles. The van der Waals surface area contributed by atoms with Gasteiger partial charge in [-0.25, -0.2) is 4.79 Å². The Morgan fingerprint density at radius 1 is 1.47 bits per heavy atom. The summed E-state index contributed by atoms with van der Waals surface area (Å²) in [7, 11) is 0. The van der Waals surface area contributed by atoms with Gasteiger partial charge in [0.25, 0.3) is 0 Å². The third kappa shape index (κ3) is 3.64. The molecule has 1 atom stereocenters. The van der Waals surface area contributed by atoms with Gasteiger partial charge >= 0.3 is 17.2 Å². The second-order valence-corrected chi connectivity index (χ2v) is 5.07. The fraction of sp³-hybridized carbons (Fsp3) is 0.500. The predicted octanol–water partition coefficient (Wildman–Crippen LogP) is 1.66. The molecule has 104 valence electrons. The molecule has 1 rings (SSSR count). The lowest BCUT2D eigenvalue weighted by Gasteiger charge is -2.22. The van der Waals surface area contributed by atoms with Crippen LogP contribution in [0.2, 0.25) is 0 Å². The molecular formula is C12H16N2O5. The first-order valence-electron chi connectivity index (χ1n) is 5.72.